The standard InChI is InChI=1S/C26H40O8/c1-23-9-5-16-24(2)7-4-8-25(3,15(24)6-10-26(16,13-23)11-17(23)28)22(32)34-21-20(31)19(30)18(29)14(12-27)33-21/h14-16,18-21,27,29-31H,4-13H2,1-3H3/t14-,15+,16+,18-,19+,20-,21-,23+,24-,25-,26+/m1/s1. The van der Waals surface area contributed by atoms with Gasteiger partial charge in [0.1, 0.15) is 30.2 Å². The maximum atomic E-state index is 13.7. The summed E-state index contributed by atoms with van der Waals surface area (Å²) in [6.07, 6.45) is 0.706. The maximum absolute atomic E-state index is 13.7. The summed E-state index contributed by atoms with van der Waals surface area (Å²) in [6.45, 7) is 5.83. The Hall–Kier alpha value is -1.06. The van der Waals surface area contributed by atoms with Gasteiger partial charge >= 0.3 is 5.97 Å². The van der Waals surface area contributed by atoms with E-state index >= 15 is 0 Å². The molecular weight excluding hydrogens is 440 g/mol. The molecule has 8 heteroatoms. The average Bonchev–Trinajstić information content (AvgIpc) is 2.96. The van der Waals surface area contributed by atoms with Crippen LogP contribution in [0.2, 0.25) is 0 Å². The van der Waals surface area contributed by atoms with Gasteiger partial charge in [-0.25, -0.2) is 0 Å². The van der Waals surface area contributed by atoms with E-state index in [1.807, 2.05) is 6.92 Å². The van der Waals surface area contributed by atoms with Crippen molar-refractivity contribution in [2.75, 3.05) is 6.61 Å². The minimum Gasteiger partial charge on any atom is -0.432 e. The Morgan fingerprint density at radius 1 is 1.00 bits per heavy atom. The van der Waals surface area contributed by atoms with Crippen LogP contribution in [-0.4, -0.2) is 69.5 Å². The third-order valence-corrected chi connectivity index (χ3v) is 10.9. The lowest BCUT2D eigenvalue weighted by Gasteiger charge is -2.64. The van der Waals surface area contributed by atoms with E-state index in [-0.39, 0.29) is 22.2 Å². The first-order chi connectivity index (χ1) is 15.9. The molecule has 34 heavy (non-hydrogen) atoms. The molecule has 4 N–H and O–H groups in total. The lowest BCUT2D eigenvalue weighted by Crippen LogP contribution is -2.62. The molecule has 11 atom stereocenters. The zero-order chi connectivity index (χ0) is 24.7. The minimum absolute atomic E-state index is 0.0504. The van der Waals surface area contributed by atoms with Crippen LogP contribution in [0.5, 0.6) is 0 Å². The molecule has 0 radical (unpaired) electrons. The Morgan fingerprint density at radius 2 is 1.71 bits per heavy atom. The van der Waals surface area contributed by atoms with Crippen LogP contribution < -0.4 is 0 Å². The summed E-state index contributed by atoms with van der Waals surface area (Å²) in [5.41, 5.74) is -0.989. The number of ketones is 1. The first-order valence-electron chi connectivity index (χ1n) is 13.0. The fraction of sp³-hybridized carbons (Fsp3) is 0.923. The second-order valence-corrected chi connectivity index (χ2v) is 12.8. The molecule has 1 saturated heterocycles. The van der Waals surface area contributed by atoms with E-state index in [1.54, 1.807) is 0 Å². The van der Waals surface area contributed by atoms with Gasteiger partial charge < -0.3 is 29.9 Å². The number of carbonyl (C=O) groups is 2. The molecule has 4 saturated carbocycles. The fourth-order valence-corrected chi connectivity index (χ4v) is 9.15. The topological polar surface area (TPSA) is 134 Å². The molecule has 1 heterocycles. The number of fused-ring (bicyclic) bond motifs is 3. The molecule has 192 valence electrons. The third-order valence-electron chi connectivity index (χ3n) is 10.9. The van der Waals surface area contributed by atoms with Gasteiger partial charge in [0.05, 0.1) is 12.0 Å². The summed E-state index contributed by atoms with van der Waals surface area (Å²) in [6, 6.07) is 0. The number of hydrogen-bond donors (Lipinski definition) is 4. The van der Waals surface area contributed by atoms with Gasteiger partial charge in [-0.15, -0.1) is 0 Å². The second-order valence-electron chi connectivity index (χ2n) is 12.8. The molecule has 5 rings (SSSR count). The van der Waals surface area contributed by atoms with Crippen molar-refractivity contribution in [1.29, 1.82) is 0 Å². The number of ether oxygens (including phenoxy) is 2. The SMILES string of the molecule is C[C@@]12CC[C@@H]3[C@@](CC[C@H]4[C@@]3(C)CCC[C@@]4(C)C(=O)O[C@H]3O[C@H](CO)[C@@H](O)[C@H](O)[C@H]3O)(CC1=O)C2. The van der Waals surface area contributed by atoms with Gasteiger partial charge in [0, 0.05) is 11.8 Å². The number of carbonyl (C=O) groups excluding carboxylic acids is 2. The maximum Gasteiger partial charge on any atom is 0.314 e. The summed E-state index contributed by atoms with van der Waals surface area (Å²) in [5.74, 6) is 0.435. The van der Waals surface area contributed by atoms with E-state index in [4.69, 9.17) is 9.47 Å². The van der Waals surface area contributed by atoms with Crippen LogP contribution in [0.25, 0.3) is 0 Å². The Morgan fingerprint density at radius 3 is 2.41 bits per heavy atom. The first kappa shape index (κ1) is 24.6. The summed E-state index contributed by atoms with van der Waals surface area (Å²) in [5, 5.41) is 40.0. The number of rotatable bonds is 3. The van der Waals surface area contributed by atoms with E-state index in [9.17, 15) is 30.0 Å². The highest BCUT2D eigenvalue weighted by molar-refractivity contribution is 5.88. The average molecular weight is 481 g/mol. The Labute approximate surface area is 201 Å². The van der Waals surface area contributed by atoms with Crippen molar-refractivity contribution in [3.8, 4) is 0 Å². The Bertz CT molecular complexity index is 860. The Kier molecular flexibility index (Phi) is 5.77. The van der Waals surface area contributed by atoms with Crippen molar-refractivity contribution in [2.24, 2.45) is 33.5 Å². The van der Waals surface area contributed by atoms with Gasteiger partial charge in [-0.1, -0.05) is 20.3 Å². The first-order valence-corrected chi connectivity index (χ1v) is 13.0. The number of aliphatic hydroxyl groups excluding tert-OH is 4. The van der Waals surface area contributed by atoms with Crippen molar-refractivity contribution in [1.82, 2.24) is 0 Å². The summed E-state index contributed by atoms with van der Waals surface area (Å²) in [4.78, 5) is 26.6. The molecule has 5 fully saturated rings. The fourth-order valence-electron chi connectivity index (χ4n) is 9.15. The zero-order valence-corrected chi connectivity index (χ0v) is 20.5. The Balaban J connectivity index is 1.39. The molecule has 0 aromatic heterocycles. The summed E-state index contributed by atoms with van der Waals surface area (Å²) >= 11 is 0. The molecule has 8 nitrogen and oxygen atoms in total. The number of Topliss-reactive ketones (excluding diaryl/α,β-unsaturated/α-hetero) is 1. The van der Waals surface area contributed by atoms with Crippen LogP contribution in [0, 0.1) is 33.5 Å². The van der Waals surface area contributed by atoms with Gasteiger partial charge in [-0.3, -0.25) is 9.59 Å². The molecule has 2 bridgehead atoms. The zero-order valence-electron chi connectivity index (χ0n) is 20.5. The number of esters is 1. The molecular formula is C26H40O8. The highest BCUT2D eigenvalue weighted by Gasteiger charge is 2.68. The summed E-state index contributed by atoms with van der Waals surface area (Å²) in [7, 11) is 0. The van der Waals surface area contributed by atoms with Crippen LogP contribution in [0.4, 0.5) is 0 Å². The monoisotopic (exact) mass is 480 g/mol. The van der Waals surface area contributed by atoms with E-state index in [0.29, 0.717) is 24.5 Å². The molecule has 4 aliphatic carbocycles. The van der Waals surface area contributed by atoms with Crippen LogP contribution in [0.3, 0.4) is 0 Å². The predicted octanol–water partition coefficient (Wildman–Crippen LogP) is 1.70. The molecule has 1 aliphatic heterocycles. The highest BCUT2D eigenvalue weighted by Crippen LogP contribution is 2.73. The van der Waals surface area contributed by atoms with Gasteiger partial charge in [0.2, 0.25) is 6.29 Å². The van der Waals surface area contributed by atoms with Crippen molar-refractivity contribution < 1.29 is 39.5 Å². The molecule has 0 unspecified atom stereocenters. The predicted molar refractivity (Wildman–Crippen MR) is 120 cm³/mol. The normalized spacial score (nSPS) is 54.8. The largest absolute Gasteiger partial charge is 0.432 e. The third kappa shape index (κ3) is 3.28. The van der Waals surface area contributed by atoms with Crippen LogP contribution >= 0.6 is 0 Å². The molecule has 1 spiro atoms. The van der Waals surface area contributed by atoms with Crippen molar-refractivity contribution in [2.45, 2.75) is 109 Å². The van der Waals surface area contributed by atoms with Gasteiger partial charge in [-0.2, -0.15) is 0 Å². The second kappa shape index (κ2) is 7.97. The van der Waals surface area contributed by atoms with Crippen molar-refractivity contribution in [3.63, 3.8) is 0 Å². The number of hydrogen-bond acceptors (Lipinski definition) is 8. The molecule has 0 amide bonds. The van der Waals surface area contributed by atoms with Gasteiger partial charge in [0.25, 0.3) is 0 Å². The van der Waals surface area contributed by atoms with E-state index in [0.717, 1.165) is 44.9 Å². The van der Waals surface area contributed by atoms with Crippen molar-refractivity contribution >= 4 is 11.8 Å². The lowest BCUT2D eigenvalue weighted by atomic mass is 9.40. The van der Waals surface area contributed by atoms with Crippen LogP contribution in [0.15, 0.2) is 0 Å². The minimum atomic E-state index is -1.60. The lowest BCUT2D eigenvalue weighted by molar-refractivity contribution is -0.298. The molecule has 0 aromatic carbocycles. The molecule has 0 aromatic rings. The van der Waals surface area contributed by atoms with Crippen LogP contribution in [-0.2, 0) is 19.1 Å². The van der Waals surface area contributed by atoms with E-state index < -0.39 is 48.7 Å². The smallest absolute Gasteiger partial charge is 0.314 e. The number of aliphatic hydroxyl groups is 4. The van der Waals surface area contributed by atoms with Gasteiger partial charge in [-0.05, 0) is 74.5 Å². The highest BCUT2D eigenvalue weighted by atomic mass is 16.7. The van der Waals surface area contributed by atoms with Gasteiger partial charge in [0.15, 0.2) is 0 Å². The summed E-state index contributed by atoms with van der Waals surface area (Å²) < 4.78 is 11.1. The van der Waals surface area contributed by atoms with Crippen LogP contribution in [0.1, 0.15) is 78.6 Å². The quantitative estimate of drug-likeness (QED) is 0.449. The van der Waals surface area contributed by atoms with E-state index in [2.05, 4.69) is 13.8 Å². The molecule has 5 aliphatic rings. The van der Waals surface area contributed by atoms with E-state index in [1.165, 1.54) is 0 Å². The van der Waals surface area contributed by atoms with Crippen molar-refractivity contribution in [3.05, 3.63) is 0 Å².